The lowest BCUT2D eigenvalue weighted by atomic mass is 10.2. The number of aromatic nitrogens is 1. The lowest BCUT2D eigenvalue weighted by Crippen LogP contribution is -2.31. The molecule has 0 saturated carbocycles. The van der Waals surface area contributed by atoms with Crippen LogP contribution in [-0.2, 0) is 4.74 Å². The van der Waals surface area contributed by atoms with Gasteiger partial charge in [-0.1, -0.05) is 17.7 Å². The summed E-state index contributed by atoms with van der Waals surface area (Å²) in [7, 11) is 1.10. The smallest absolute Gasteiger partial charge is 0.437 e. The highest BCUT2D eigenvalue weighted by Gasteiger charge is 2.19. The lowest BCUT2D eigenvalue weighted by molar-refractivity contribution is 0.108. The highest BCUT2D eigenvalue weighted by Crippen LogP contribution is 2.25. The van der Waals surface area contributed by atoms with Crippen LogP contribution >= 0.6 is 23.2 Å². The summed E-state index contributed by atoms with van der Waals surface area (Å²) in [5.74, 6) is -1.27. The minimum atomic E-state index is -1.10. The van der Waals surface area contributed by atoms with Gasteiger partial charge in [-0.05, 0) is 41.9 Å². The van der Waals surface area contributed by atoms with Crippen LogP contribution in [0.3, 0.4) is 0 Å². The molecule has 138 valence electrons. The number of carbonyl (C=O) groups is 2. The van der Waals surface area contributed by atoms with E-state index in [4.69, 9.17) is 32.4 Å². The maximum absolute atomic E-state index is 12.8. The Hall–Kier alpha value is -3.10. The van der Waals surface area contributed by atoms with Crippen LogP contribution in [0, 0.1) is 0 Å². The van der Waals surface area contributed by atoms with Crippen molar-refractivity contribution in [2.75, 3.05) is 7.11 Å². The van der Waals surface area contributed by atoms with Crippen LogP contribution in [0.4, 0.5) is 4.79 Å². The fraction of sp³-hybridized carbons (Fsp3) is 0.0588. The first-order chi connectivity index (χ1) is 12.8. The van der Waals surface area contributed by atoms with Crippen molar-refractivity contribution in [2.45, 2.75) is 0 Å². The van der Waals surface area contributed by atoms with Crippen molar-refractivity contribution in [3.05, 3.63) is 67.9 Å². The average Bonchev–Trinajstić information content (AvgIpc) is 2.63. The van der Waals surface area contributed by atoms with Crippen molar-refractivity contribution >= 4 is 45.6 Å². The van der Waals surface area contributed by atoms with E-state index >= 15 is 0 Å². The summed E-state index contributed by atoms with van der Waals surface area (Å²) >= 11 is 11.5. The standard InChI is InChI=1S/C17H9Cl2NO7/c1-25-17(24)26-12-4-2-3-9-13(12)27-16(23)20(15(9)22)11-7-8(14(19)21)5-6-10(11)18/h2-7H,1H3. The molecule has 0 amide bonds. The zero-order chi connectivity index (χ0) is 19.7. The third-order valence-corrected chi connectivity index (χ3v) is 4.10. The number of halogens is 2. The van der Waals surface area contributed by atoms with Crippen LogP contribution in [0.1, 0.15) is 10.4 Å². The van der Waals surface area contributed by atoms with Gasteiger partial charge in [0.05, 0.1) is 23.2 Å². The first-order valence-electron chi connectivity index (χ1n) is 7.28. The quantitative estimate of drug-likeness (QED) is 0.371. The van der Waals surface area contributed by atoms with E-state index in [0.717, 1.165) is 7.11 Å². The predicted molar refractivity (Wildman–Crippen MR) is 96.3 cm³/mol. The molecular weight excluding hydrogens is 401 g/mol. The third kappa shape index (κ3) is 3.44. The summed E-state index contributed by atoms with van der Waals surface area (Å²) in [6.07, 6.45) is -1.05. The molecule has 8 nitrogen and oxygen atoms in total. The normalized spacial score (nSPS) is 10.6. The molecule has 1 heterocycles. The minimum absolute atomic E-state index is 0.0207. The molecule has 0 radical (unpaired) electrons. The van der Waals surface area contributed by atoms with E-state index in [2.05, 4.69) is 4.74 Å². The molecule has 0 aliphatic rings. The fourth-order valence-corrected chi connectivity index (χ4v) is 2.67. The Kier molecular flexibility index (Phi) is 5.02. The number of methoxy groups -OCH3 is 1. The molecule has 0 unspecified atom stereocenters. The summed E-state index contributed by atoms with van der Waals surface area (Å²) in [5.41, 5.74) is -1.08. The molecule has 3 aromatic rings. The van der Waals surface area contributed by atoms with Gasteiger partial charge in [0.15, 0.2) is 11.3 Å². The second-order valence-corrected chi connectivity index (χ2v) is 5.89. The van der Waals surface area contributed by atoms with Gasteiger partial charge in [-0.2, -0.15) is 0 Å². The maximum atomic E-state index is 12.8. The Bertz CT molecular complexity index is 1200. The number of benzene rings is 2. The van der Waals surface area contributed by atoms with Gasteiger partial charge in [0.2, 0.25) is 0 Å². The number of nitrogens with zero attached hydrogens (tertiary/aromatic N) is 1. The van der Waals surface area contributed by atoms with Crippen LogP contribution in [-0.4, -0.2) is 23.1 Å². The van der Waals surface area contributed by atoms with E-state index in [9.17, 15) is 19.2 Å². The number of carbonyl (C=O) groups excluding carboxylic acids is 2. The molecule has 0 atom stereocenters. The molecule has 0 aliphatic carbocycles. The van der Waals surface area contributed by atoms with Crippen molar-refractivity contribution in [1.82, 2.24) is 4.57 Å². The molecule has 27 heavy (non-hydrogen) atoms. The second-order valence-electron chi connectivity index (χ2n) is 5.14. The first kappa shape index (κ1) is 18.7. The van der Waals surface area contributed by atoms with Gasteiger partial charge in [0, 0.05) is 5.56 Å². The SMILES string of the molecule is COC(=O)Oc1cccc2c(=O)n(-c3cc(C(=O)Cl)ccc3Cl)c(=O)oc12. The zero-order valence-electron chi connectivity index (χ0n) is 13.5. The monoisotopic (exact) mass is 409 g/mol. The van der Waals surface area contributed by atoms with Crippen molar-refractivity contribution < 1.29 is 23.5 Å². The van der Waals surface area contributed by atoms with E-state index in [1.54, 1.807) is 0 Å². The number of rotatable bonds is 3. The molecule has 0 bridgehead atoms. The van der Waals surface area contributed by atoms with Crippen LogP contribution < -0.4 is 16.1 Å². The summed E-state index contributed by atoms with van der Waals surface area (Å²) in [4.78, 5) is 48.0. The number of para-hydroxylation sites is 1. The number of hydrogen-bond acceptors (Lipinski definition) is 7. The molecule has 0 aliphatic heterocycles. The minimum Gasteiger partial charge on any atom is -0.437 e. The predicted octanol–water partition coefficient (Wildman–Crippen LogP) is 3.12. The van der Waals surface area contributed by atoms with Crippen molar-refractivity contribution in [1.29, 1.82) is 0 Å². The molecule has 3 rings (SSSR count). The molecule has 2 aromatic carbocycles. The molecule has 0 N–H and O–H groups in total. The van der Waals surface area contributed by atoms with Crippen molar-refractivity contribution in [3.8, 4) is 11.4 Å². The first-order valence-corrected chi connectivity index (χ1v) is 8.03. The van der Waals surface area contributed by atoms with Crippen LogP contribution in [0.5, 0.6) is 5.75 Å². The van der Waals surface area contributed by atoms with Gasteiger partial charge >= 0.3 is 11.9 Å². The van der Waals surface area contributed by atoms with Crippen molar-refractivity contribution in [2.24, 2.45) is 0 Å². The average molecular weight is 410 g/mol. The Labute approximate surface area is 160 Å². The Balaban J connectivity index is 2.30. The maximum Gasteiger partial charge on any atom is 0.513 e. The van der Waals surface area contributed by atoms with E-state index in [1.165, 1.54) is 36.4 Å². The molecule has 0 spiro atoms. The second kappa shape index (κ2) is 7.26. The lowest BCUT2D eigenvalue weighted by Gasteiger charge is -2.10. The van der Waals surface area contributed by atoms with E-state index < -0.39 is 22.7 Å². The van der Waals surface area contributed by atoms with E-state index in [-0.39, 0.29) is 33.0 Å². The number of fused-ring (bicyclic) bond motifs is 1. The zero-order valence-corrected chi connectivity index (χ0v) is 15.0. The summed E-state index contributed by atoms with van der Waals surface area (Å²) in [5, 5.41) is -0.832. The fourth-order valence-electron chi connectivity index (χ4n) is 2.35. The summed E-state index contributed by atoms with van der Waals surface area (Å²) < 4.78 is 15.1. The Morgan fingerprint density at radius 2 is 1.89 bits per heavy atom. The van der Waals surface area contributed by atoms with Gasteiger partial charge in [-0.3, -0.25) is 9.59 Å². The van der Waals surface area contributed by atoms with Gasteiger partial charge in [-0.25, -0.2) is 14.2 Å². The highest BCUT2D eigenvalue weighted by atomic mass is 35.5. The number of hydrogen-bond donors (Lipinski definition) is 0. The van der Waals surface area contributed by atoms with E-state index in [1.807, 2.05) is 0 Å². The van der Waals surface area contributed by atoms with E-state index in [0.29, 0.717) is 4.57 Å². The molecule has 1 aromatic heterocycles. The van der Waals surface area contributed by atoms with Gasteiger partial charge in [0.25, 0.3) is 10.8 Å². The number of ether oxygens (including phenoxy) is 2. The van der Waals surface area contributed by atoms with Gasteiger partial charge in [-0.15, -0.1) is 0 Å². The highest BCUT2D eigenvalue weighted by molar-refractivity contribution is 6.67. The van der Waals surface area contributed by atoms with Crippen molar-refractivity contribution in [3.63, 3.8) is 0 Å². The van der Waals surface area contributed by atoms with Crippen LogP contribution in [0.15, 0.2) is 50.4 Å². The molecular formula is C17H9Cl2NO7. The largest absolute Gasteiger partial charge is 0.513 e. The summed E-state index contributed by atoms with van der Waals surface area (Å²) in [6, 6.07) is 7.97. The topological polar surface area (TPSA) is 105 Å². The van der Waals surface area contributed by atoms with Gasteiger partial charge in [0.1, 0.15) is 0 Å². The van der Waals surface area contributed by atoms with Crippen LogP contribution in [0.2, 0.25) is 5.02 Å². The van der Waals surface area contributed by atoms with Gasteiger partial charge < -0.3 is 13.9 Å². The molecule has 0 fully saturated rings. The Morgan fingerprint density at radius 1 is 1.15 bits per heavy atom. The molecule has 10 heteroatoms. The van der Waals surface area contributed by atoms with Crippen LogP contribution in [0.25, 0.3) is 16.7 Å². The third-order valence-electron chi connectivity index (χ3n) is 3.56. The molecule has 0 saturated heterocycles. The Morgan fingerprint density at radius 3 is 2.56 bits per heavy atom. The summed E-state index contributed by atoms with van der Waals surface area (Å²) in [6.45, 7) is 0.